The van der Waals surface area contributed by atoms with Gasteiger partial charge in [0.25, 0.3) is 9.70 Å². The van der Waals surface area contributed by atoms with E-state index in [2.05, 4.69) is 22.1 Å². The van der Waals surface area contributed by atoms with Crippen LogP contribution in [0.1, 0.15) is 54.9 Å². The number of rotatable bonds is 7. The average molecular weight is 674 g/mol. The maximum Gasteiger partial charge on any atom is 0.326 e. The molecule has 4 aromatic rings. The number of carbonyl (C=O) groups excluding carboxylic acids is 1. The van der Waals surface area contributed by atoms with Crippen LogP contribution in [0.4, 0.5) is 5.69 Å². The number of amides is 1. The first-order valence-electron chi connectivity index (χ1n) is 15.0. The lowest BCUT2D eigenvalue weighted by Crippen LogP contribution is -2.47. The fourth-order valence-electron chi connectivity index (χ4n) is 6.30. The van der Waals surface area contributed by atoms with Gasteiger partial charge in [-0.1, -0.05) is 90.3 Å². The molecule has 1 amide bonds. The normalized spacial score (nSPS) is 23.3. The molecular weight excluding hydrogens is 639 g/mol. The predicted octanol–water partition coefficient (Wildman–Crippen LogP) is 6.26. The number of benzene rings is 3. The van der Waals surface area contributed by atoms with E-state index in [1.807, 2.05) is 65.2 Å². The van der Waals surface area contributed by atoms with Gasteiger partial charge in [-0.2, -0.15) is 0 Å². The lowest BCUT2D eigenvalue weighted by molar-refractivity contribution is -0.276. The Labute approximate surface area is 276 Å². The quantitative estimate of drug-likeness (QED) is 0.200. The number of carbonyl (C=O) groups is 1. The number of para-hydroxylation sites is 2. The van der Waals surface area contributed by atoms with E-state index in [1.165, 1.54) is 0 Å². The minimum absolute atomic E-state index is 0.0260. The first-order valence-corrected chi connectivity index (χ1v) is 16.1. The van der Waals surface area contributed by atoms with Gasteiger partial charge in [0, 0.05) is 42.8 Å². The van der Waals surface area contributed by atoms with E-state index in [0.717, 1.165) is 53.7 Å². The van der Waals surface area contributed by atoms with Crippen molar-refractivity contribution < 1.29 is 19.4 Å². The van der Waals surface area contributed by atoms with Crippen LogP contribution in [0.5, 0.6) is 0 Å². The van der Waals surface area contributed by atoms with Gasteiger partial charge in [0.1, 0.15) is 0 Å². The van der Waals surface area contributed by atoms with Gasteiger partial charge >= 0.3 is 5.69 Å². The Morgan fingerprint density at radius 1 is 0.978 bits per heavy atom. The highest BCUT2D eigenvalue weighted by Crippen LogP contribution is 2.42. The van der Waals surface area contributed by atoms with Crippen molar-refractivity contribution in [1.29, 1.82) is 0 Å². The van der Waals surface area contributed by atoms with Crippen molar-refractivity contribution in [3.05, 3.63) is 100.0 Å². The van der Waals surface area contributed by atoms with Gasteiger partial charge in [-0.05, 0) is 48.2 Å². The van der Waals surface area contributed by atoms with E-state index >= 15 is 0 Å². The lowest BCUT2D eigenvalue weighted by Gasteiger charge is -2.44. The molecule has 2 aliphatic rings. The van der Waals surface area contributed by atoms with Gasteiger partial charge in [0.15, 0.2) is 6.29 Å². The van der Waals surface area contributed by atoms with Crippen LogP contribution in [-0.2, 0) is 20.9 Å². The third kappa shape index (κ3) is 7.10. The molecule has 0 bridgehead atoms. The van der Waals surface area contributed by atoms with Gasteiger partial charge < -0.3 is 29.8 Å². The summed E-state index contributed by atoms with van der Waals surface area (Å²) >= 11 is 17.1. The zero-order valence-corrected chi connectivity index (χ0v) is 26.9. The fourth-order valence-corrected chi connectivity index (χ4v) is 6.45. The molecule has 9 nitrogen and oxygen atoms in total. The van der Waals surface area contributed by atoms with Crippen molar-refractivity contribution in [1.82, 2.24) is 14.5 Å². The Morgan fingerprint density at radius 2 is 1.64 bits per heavy atom. The van der Waals surface area contributed by atoms with Crippen LogP contribution in [0.3, 0.4) is 0 Å². The Balaban J connectivity index is 1.18. The number of nitrogens with one attached hydrogen (secondary N) is 2. The van der Waals surface area contributed by atoms with Crippen molar-refractivity contribution >= 4 is 57.4 Å². The van der Waals surface area contributed by atoms with Gasteiger partial charge in [0.05, 0.1) is 29.8 Å². The summed E-state index contributed by atoms with van der Waals surface area (Å²) in [5.41, 5.74) is 4.83. The Kier molecular flexibility index (Phi) is 9.59. The average Bonchev–Trinajstić information content (AvgIpc) is 3.38. The van der Waals surface area contributed by atoms with Crippen molar-refractivity contribution in [2.45, 2.75) is 54.7 Å². The molecule has 2 saturated heterocycles. The molecule has 3 heterocycles. The summed E-state index contributed by atoms with van der Waals surface area (Å²) in [6.07, 6.45) is 0.649. The molecule has 3 aromatic carbocycles. The summed E-state index contributed by atoms with van der Waals surface area (Å²) in [5.74, 6) is -0.720. The minimum Gasteiger partial charge on any atom is -0.392 e. The number of hydrogen-bond donors (Lipinski definition) is 3. The number of hydrogen-bond acceptors (Lipinski definition) is 6. The molecular formula is C33H35Cl3N4O5. The van der Waals surface area contributed by atoms with Crippen LogP contribution in [0.2, 0.25) is 0 Å². The number of aromatic amines is 1. The number of nitrogens with zero attached hydrogens (tertiary/aromatic N) is 2. The smallest absolute Gasteiger partial charge is 0.326 e. The van der Waals surface area contributed by atoms with Crippen LogP contribution in [0.15, 0.2) is 77.6 Å². The maximum atomic E-state index is 12.8. The van der Waals surface area contributed by atoms with Crippen LogP contribution < -0.4 is 11.0 Å². The van der Waals surface area contributed by atoms with E-state index < -0.39 is 16.0 Å². The highest BCUT2D eigenvalue weighted by atomic mass is 35.6. The molecule has 1 aromatic heterocycles. The molecule has 0 spiro atoms. The number of ether oxygens (including phenoxy) is 2. The molecule has 6 rings (SSSR count). The number of halogens is 3. The number of imidazole rings is 1. The van der Waals surface area contributed by atoms with Gasteiger partial charge in [-0.15, -0.1) is 0 Å². The third-order valence-corrected chi connectivity index (χ3v) is 9.32. The third-order valence-electron chi connectivity index (χ3n) is 8.81. The van der Waals surface area contributed by atoms with E-state index in [4.69, 9.17) is 44.3 Å². The monoisotopic (exact) mass is 672 g/mol. The number of fused-ring (bicyclic) bond motifs is 1. The van der Waals surface area contributed by atoms with E-state index in [0.29, 0.717) is 12.2 Å². The molecule has 12 heteroatoms. The van der Waals surface area contributed by atoms with Gasteiger partial charge in [0.2, 0.25) is 0 Å². The Bertz CT molecular complexity index is 1680. The molecule has 2 aliphatic heterocycles. The van der Waals surface area contributed by atoms with Crippen LogP contribution >= 0.6 is 34.8 Å². The van der Waals surface area contributed by atoms with Crippen LogP contribution in [-0.4, -0.2) is 55.0 Å². The second-order valence-corrected chi connectivity index (χ2v) is 14.0. The standard InChI is InChI=1S/C33H35Cl3N4O5/c1-20-28(18-39-16-14-25(15-17-39)40-27-5-3-2-4-26(27)38-32(40)43)44-30(45-29(20)22-8-6-21(19-41)7-9-22)23-10-12-24(13-11-23)37-31(42)33(34,35)36/h2-13,20,25,28-30,41H,14-19H2,1H3,(H,37,42)(H,38,43)/t20-,28+,29+,30+/m0/s1. The second-order valence-electron chi connectivity index (χ2n) is 11.7. The molecule has 0 saturated carbocycles. The van der Waals surface area contributed by atoms with Crippen LogP contribution in [0, 0.1) is 5.92 Å². The van der Waals surface area contributed by atoms with Crippen LogP contribution in [0.25, 0.3) is 11.0 Å². The highest BCUT2D eigenvalue weighted by Gasteiger charge is 2.40. The van der Waals surface area contributed by atoms with Gasteiger partial charge in [-0.25, -0.2) is 4.79 Å². The highest BCUT2D eigenvalue weighted by molar-refractivity contribution is 6.76. The van der Waals surface area contributed by atoms with E-state index in [9.17, 15) is 14.7 Å². The molecule has 45 heavy (non-hydrogen) atoms. The largest absolute Gasteiger partial charge is 0.392 e. The SMILES string of the molecule is C[C@H]1[C@@H](CN2CCC(n3c(=O)[nH]c4ccccc43)CC2)O[C@@H](c2ccc(NC(=O)C(Cl)(Cl)Cl)cc2)O[C@H]1c1ccc(CO)cc1. The molecule has 3 N–H and O–H groups in total. The Hall–Kier alpha value is -2.89. The number of aliphatic hydroxyl groups excluding tert-OH is 1. The molecule has 0 aliphatic carbocycles. The lowest BCUT2D eigenvalue weighted by atomic mass is 9.89. The molecule has 4 atom stereocenters. The van der Waals surface area contributed by atoms with E-state index in [1.54, 1.807) is 12.1 Å². The summed E-state index contributed by atoms with van der Waals surface area (Å²) in [4.78, 5) is 30.3. The summed E-state index contributed by atoms with van der Waals surface area (Å²) in [7, 11) is 0. The minimum atomic E-state index is -2.07. The molecule has 2 fully saturated rings. The Morgan fingerprint density at radius 3 is 2.31 bits per heavy atom. The summed E-state index contributed by atoms with van der Waals surface area (Å²) in [5, 5.41) is 12.1. The van der Waals surface area contributed by atoms with Gasteiger partial charge in [-0.3, -0.25) is 9.36 Å². The number of alkyl halides is 3. The van der Waals surface area contributed by atoms with Crippen molar-refractivity contribution in [3.63, 3.8) is 0 Å². The zero-order valence-electron chi connectivity index (χ0n) is 24.7. The molecule has 0 radical (unpaired) electrons. The number of likely N-dealkylation sites (tertiary alicyclic amines) is 1. The van der Waals surface area contributed by atoms with Crippen molar-refractivity contribution in [2.24, 2.45) is 5.92 Å². The zero-order chi connectivity index (χ0) is 31.7. The molecule has 238 valence electrons. The first kappa shape index (κ1) is 32.1. The van der Waals surface area contributed by atoms with Crippen molar-refractivity contribution in [3.8, 4) is 0 Å². The van der Waals surface area contributed by atoms with Crippen molar-refractivity contribution in [2.75, 3.05) is 25.0 Å². The predicted molar refractivity (Wildman–Crippen MR) is 176 cm³/mol. The van der Waals surface area contributed by atoms with E-state index in [-0.39, 0.29) is 36.5 Å². The number of anilines is 1. The fraction of sp³-hybridized carbons (Fsp3) is 0.394. The number of piperidine rings is 1. The number of aromatic nitrogens is 2. The topological polar surface area (TPSA) is 109 Å². The summed E-state index contributed by atoms with van der Waals surface area (Å²) in [6, 6.07) is 22.8. The number of aliphatic hydroxyl groups is 1. The maximum absolute atomic E-state index is 12.8. The summed E-state index contributed by atoms with van der Waals surface area (Å²) in [6.45, 7) is 4.49. The number of H-pyrrole nitrogens is 1. The molecule has 0 unspecified atom stereocenters. The second kappa shape index (κ2) is 13.5. The summed E-state index contributed by atoms with van der Waals surface area (Å²) < 4.78 is 13.0. The first-order chi connectivity index (χ1) is 21.6.